The van der Waals surface area contributed by atoms with Crippen molar-refractivity contribution < 1.29 is 9.84 Å². The van der Waals surface area contributed by atoms with E-state index in [0.29, 0.717) is 6.61 Å². The highest BCUT2D eigenvalue weighted by atomic mass is 16.5. The predicted molar refractivity (Wildman–Crippen MR) is 82.1 cm³/mol. The Hall–Kier alpha value is -1.06. The van der Waals surface area contributed by atoms with Gasteiger partial charge in [0.05, 0.1) is 12.7 Å². The molecular weight excluding hydrogens is 250 g/mol. The normalized spacial score (nSPS) is 20.1. The lowest BCUT2D eigenvalue weighted by Gasteiger charge is -2.31. The Balaban J connectivity index is 1.99. The third kappa shape index (κ3) is 3.97. The zero-order valence-corrected chi connectivity index (χ0v) is 12.7. The fourth-order valence-electron chi connectivity index (χ4n) is 2.91. The van der Waals surface area contributed by atoms with Gasteiger partial charge in [-0.05, 0) is 57.5 Å². The molecule has 1 fully saturated rings. The van der Waals surface area contributed by atoms with Crippen LogP contribution in [0.15, 0.2) is 24.3 Å². The predicted octanol–water partition coefficient (Wildman–Crippen LogP) is 3.38. The number of nitrogens with zero attached hydrogens (tertiary/aromatic N) is 1. The topological polar surface area (TPSA) is 32.7 Å². The number of ether oxygens (including phenoxy) is 1. The Bertz CT molecular complexity index is 382. The molecule has 0 saturated carbocycles. The summed E-state index contributed by atoms with van der Waals surface area (Å²) in [4.78, 5) is 2.42. The minimum absolute atomic E-state index is 0.172. The van der Waals surface area contributed by atoms with Crippen LogP contribution in [0.4, 0.5) is 0 Å². The molecule has 1 aliphatic heterocycles. The van der Waals surface area contributed by atoms with Crippen LogP contribution in [0.1, 0.15) is 51.2 Å². The average molecular weight is 277 g/mol. The number of hydrogen-bond acceptors (Lipinski definition) is 3. The number of aliphatic hydroxyl groups excluding tert-OH is 1. The smallest absolute Gasteiger partial charge is 0.119 e. The van der Waals surface area contributed by atoms with Crippen molar-refractivity contribution in [3.8, 4) is 5.75 Å². The van der Waals surface area contributed by atoms with Gasteiger partial charge in [0.1, 0.15) is 5.75 Å². The van der Waals surface area contributed by atoms with Crippen molar-refractivity contribution >= 4 is 0 Å². The van der Waals surface area contributed by atoms with Crippen LogP contribution in [0.2, 0.25) is 0 Å². The van der Waals surface area contributed by atoms with Gasteiger partial charge in [-0.3, -0.25) is 4.90 Å². The first-order valence-electron chi connectivity index (χ1n) is 7.87. The molecule has 20 heavy (non-hydrogen) atoms. The van der Waals surface area contributed by atoms with Crippen molar-refractivity contribution in [2.24, 2.45) is 0 Å². The molecule has 3 heteroatoms. The molecule has 0 amide bonds. The van der Waals surface area contributed by atoms with E-state index in [1.54, 1.807) is 0 Å². The summed E-state index contributed by atoms with van der Waals surface area (Å²) in [6.07, 6.45) is 4.72. The van der Waals surface area contributed by atoms with Crippen LogP contribution in [0.3, 0.4) is 0 Å². The molecule has 1 aromatic carbocycles. The molecule has 0 unspecified atom stereocenters. The van der Waals surface area contributed by atoms with Crippen molar-refractivity contribution in [2.45, 2.75) is 51.7 Å². The SMILES string of the molecule is CCOc1ccc([C@@H](O)[C@H](C)N2CCCCCC2)cc1. The van der Waals surface area contributed by atoms with Crippen molar-refractivity contribution in [3.63, 3.8) is 0 Å². The molecule has 0 radical (unpaired) electrons. The van der Waals surface area contributed by atoms with E-state index in [-0.39, 0.29) is 6.04 Å². The number of hydrogen-bond donors (Lipinski definition) is 1. The van der Waals surface area contributed by atoms with Crippen LogP contribution in [0, 0.1) is 0 Å². The van der Waals surface area contributed by atoms with Crippen LogP contribution in [0.25, 0.3) is 0 Å². The van der Waals surface area contributed by atoms with Crippen LogP contribution in [-0.4, -0.2) is 35.7 Å². The molecular formula is C17H27NO2. The summed E-state index contributed by atoms with van der Waals surface area (Å²) < 4.78 is 5.44. The second-order valence-electron chi connectivity index (χ2n) is 5.64. The summed E-state index contributed by atoms with van der Waals surface area (Å²) in [5, 5.41) is 10.6. The summed E-state index contributed by atoms with van der Waals surface area (Å²) in [5.41, 5.74) is 0.977. The first kappa shape index (κ1) is 15.3. The van der Waals surface area contributed by atoms with Gasteiger partial charge >= 0.3 is 0 Å². The molecule has 0 aromatic heterocycles. The third-order valence-electron chi connectivity index (χ3n) is 4.21. The first-order valence-corrected chi connectivity index (χ1v) is 7.87. The van der Waals surface area contributed by atoms with E-state index in [0.717, 1.165) is 24.4 Å². The maximum absolute atomic E-state index is 10.6. The van der Waals surface area contributed by atoms with E-state index in [2.05, 4.69) is 11.8 Å². The fourth-order valence-corrected chi connectivity index (χ4v) is 2.91. The van der Waals surface area contributed by atoms with Crippen molar-refractivity contribution in [1.82, 2.24) is 4.90 Å². The van der Waals surface area contributed by atoms with Gasteiger partial charge < -0.3 is 9.84 Å². The molecule has 112 valence electrons. The standard InChI is InChI=1S/C17H27NO2/c1-3-20-16-10-8-15(9-11-16)17(19)14(2)18-12-6-4-5-7-13-18/h8-11,14,17,19H,3-7,12-13H2,1-2H3/t14-,17-/m0/s1. The van der Waals surface area contributed by atoms with Crippen molar-refractivity contribution in [2.75, 3.05) is 19.7 Å². The number of rotatable bonds is 5. The molecule has 1 saturated heterocycles. The second kappa shape index (κ2) is 7.65. The highest BCUT2D eigenvalue weighted by Crippen LogP contribution is 2.25. The lowest BCUT2D eigenvalue weighted by molar-refractivity contribution is 0.0597. The van der Waals surface area contributed by atoms with E-state index in [9.17, 15) is 5.11 Å². The van der Waals surface area contributed by atoms with Gasteiger partial charge in [0.25, 0.3) is 0 Å². The second-order valence-corrected chi connectivity index (χ2v) is 5.64. The molecule has 1 aromatic rings. The molecule has 1 heterocycles. The van der Waals surface area contributed by atoms with Crippen LogP contribution in [0.5, 0.6) is 5.75 Å². The van der Waals surface area contributed by atoms with Gasteiger partial charge in [0, 0.05) is 6.04 Å². The number of aliphatic hydroxyl groups is 1. The minimum Gasteiger partial charge on any atom is -0.494 e. The van der Waals surface area contributed by atoms with Gasteiger partial charge in [0.15, 0.2) is 0 Å². The van der Waals surface area contributed by atoms with E-state index >= 15 is 0 Å². The first-order chi connectivity index (χ1) is 9.72. The Labute approximate surface area is 122 Å². The summed E-state index contributed by atoms with van der Waals surface area (Å²) in [7, 11) is 0. The fraction of sp³-hybridized carbons (Fsp3) is 0.647. The van der Waals surface area contributed by atoms with Crippen LogP contribution < -0.4 is 4.74 Å². The van der Waals surface area contributed by atoms with Crippen LogP contribution >= 0.6 is 0 Å². The van der Waals surface area contributed by atoms with E-state index in [1.165, 1.54) is 25.7 Å². The Morgan fingerprint density at radius 3 is 2.25 bits per heavy atom. The molecule has 2 atom stereocenters. The molecule has 3 nitrogen and oxygen atoms in total. The highest BCUT2D eigenvalue weighted by molar-refractivity contribution is 5.29. The Morgan fingerprint density at radius 2 is 1.70 bits per heavy atom. The monoisotopic (exact) mass is 277 g/mol. The van der Waals surface area contributed by atoms with Gasteiger partial charge in [-0.25, -0.2) is 0 Å². The van der Waals surface area contributed by atoms with Crippen molar-refractivity contribution in [3.05, 3.63) is 29.8 Å². The van der Waals surface area contributed by atoms with Gasteiger partial charge in [-0.15, -0.1) is 0 Å². The maximum atomic E-state index is 10.6. The lowest BCUT2D eigenvalue weighted by Crippen LogP contribution is -2.38. The van der Waals surface area contributed by atoms with E-state index in [4.69, 9.17) is 4.74 Å². The molecule has 0 aliphatic carbocycles. The highest BCUT2D eigenvalue weighted by Gasteiger charge is 2.23. The van der Waals surface area contributed by atoms with Gasteiger partial charge in [-0.1, -0.05) is 25.0 Å². The third-order valence-corrected chi connectivity index (χ3v) is 4.21. The summed E-state index contributed by atoms with van der Waals surface area (Å²) in [6.45, 7) is 6.99. The summed E-state index contributed by atoms with van der Waals surface area (Å²) >= 11 is 0. The average Bonchev–Trinajstić information content (AvgIpc) is 2.76. The zero-order valence-electron chi connectivity index (χ0n) is 12.7. The summed E-state index contributed by atoms with van der Waals surface area (Å²) in [6, 6.07) is 8.01. The number of likely N-dealkylation sites (tertiary alicyclic amines) is 1. The molecule has 1 aliphatic rings. The zero-order chi connectivity index (χ0) is 14.4. The molecule has 0 spiro atoms. The van der Waals surface area contributed by atoms with Gasteiger partial charge in [0.2, 0.25) is 0 Å². The van der Waals surface area contributed by atoms with E-state index in [1.807, 2.05) is 31.2 Å². The van der Waals surface area contributed by atoms with E-state index < -0.39 is 6.10 Å². The largest absolute Gasteiger partial charge is 0.494 e. The summed E-state index contributed by atoms with van der Waals surface area (Å²) in [5.74, 6) is 0.867. The quantitative estimate of drug-likeness (QED) is 0.895. The van der Waals surface area contributed by atoms with Crippen LogP contribution in [-0.2, 0) is 0 Å². The van der Waals surface area contributed by atoms with Crippen molar-refractivity contribution in [1.29, 1.82) is 0 Å². The number of benzene rings is 1. The Morgan fingerprint density at radius 1 is 1.10 bits per heavy atom. The maximum Gasteiger partial charge on any atom is 0.119 e. The molecule has 0 bridgehead atoms. The molecule has 2 rings (SSSR count). The minimum atomic E-state index is -0.427. The molecule has 1 N–H and O–H groups in total. The van der Waals surface area contributed by atoms with Gasteiger partial charge in [-0.2, -0.15) is 0 Å². The lowest BCUT2D eigenvalue weighted by atomic mass is 10.0. The Kier molecular flexibility index (Phi) is 5.86.